The molecular weight excluding hydrogens is 340 g/mol. The second kappa shape index (κ2) is 8.48. The van der Waals surface area contributed by atoms with Crippen LogP contribution in [0.4, 0.5) is 5.69 Å². The van der Waals surface area contributed by atoms with Gasteiger partial charge in [0.2, 0.25) is 0 Å². The Hall–Kier alpha value is -1.79. The van der Waals surface area contributed by atoms with Crippen LogP contribution in [0.25, 0.3) is 0 Å². The van der Waals surface area contributed by atoms with E-state index in [4.69, 9.17) is 14.5 Å². The zero-order valence-corrected chi connectivity index (χ0v) is 16.5. The Labute approximate surface area is 162 Å². The molecule has 0 aromatic heterocycles. The number of aliphatic imine (C=N–C) groups is 1. The summed E-state index contributed by atoms with van der Waals surface area (Å²) in [5, 5.41) is 3.48. The number of nitrogens with one attached hydrogen (secondary N) is 1. The molecule has 1 aromatic rings. The second-order valence-corrected chi connectivity index (χ2v) is 7.91. The Morgan fingerprint density at radius 1 is 1.07 bits per heavy atom. The fourth-order valence-corrected chi connectivity index (χ4v) is 4.31. The van der Waals surface area contributed by atoms with E-state index in [0.29, 0.717) is 12.0 Å². The summed E-state index contributed by atoms with van der Waals surface area (Å²) < 4.78 is 11.1. The van der Waals surface area contributed by atoms with Crippen LogP contribution in [0.3, 0.4) is 0 Å². The first kappa shape index (κ1) is 18.6. The lowest BCUT2D eigenvalue weighted by Crippen LogP contribution is -2.41. The molecule has 6 nitrogen and oxygen atoms in total. The van der Waals surface area contributed by atoms with E-state index in [1.165, 1.54) is 24.1 Å². The number of likely N-dealkylation sites (tertiary alicyclic amines) is 1. The number of hydrogen-bond donors (Lipinski definition) is 1. The number of guanidine groups is 1. The molecule has 148 valence electrons. The van der Waals surface area contributed by atoms with Gasteiger partial charge in [0.25, 0.3) is 0 Å². The van der Waals surface area contributed by atoms with E-state index >= 15 is 0 Å². The number of nitrogens with zero attached hydrogens (tertiary/aromatic N) is 3. The van der Waals surface area contributed by atoms with Crippen molar-refractivity contribution < 1.29 is 9.47 Å². The monoisotopic (exact) mass is 372 g/mol. The van der Waals surface area contributed by atoms with Gasteiger partial charge in [0.05, 0.1) is 26.4 Å². The van der Waals surface area contributed by atoms with Crippen LogP contribution >= 0.6 is 0 Å². The molecule has 4 rings (SSSR count). The number of morpholine rings is 1. The quantitative estimate of drug-likeness (QED) is 0.648. The highest BCUT2D eigenvalue weighted by Crippen LogP contribution is 2.38. The van der Waals surface area contributed by atoms with Gasteiger partial charge in [0, 0.05) is 50.4 Å². The maximum absolute atomic E-state index is 5.66. The number of rotatable bonds is 4. The highest BCUT2D eigenvalue weighted by Gasteiger charge is 2.42. The van der Waals surface area contributed by atoms with Crippen LogP contribution in [0.15, 0.2) is 29.3 Å². The smallest absolute Gasteiger partial charge is 0.194 e. The number of hydrogen-bond acceptors (Lipinski definition) is 4. The maximum atomic E-state index is 5.66. The highest BCUT2D eigenvalue weighted by molar-refractivity contribution is 5.80. The van der Waals surface area contributed by atoms with Crippen molar-refractivity contribution in [3.63, 3.8) is 0 Å². The summed E-state index contributed by atoms with van der Waals surface area (Å²) in [4.78, 5) is 9.72. The molecule has 3 aliphatic heterocycles. The maximum Gasteiger partial charge on any atom is 0.194 e. The largest absolute Gasteiger partial charge is 0.381 e. The summed E-state index contributed by atoms with van der Waals surface area (Å²) in [5.74, 6) is 1.04. The third kappa shape index (κ3) is 4.38. The highest BCUT2D eigenvalue weighted by atomic mass is 16.5. The summed E-state index contributed by atoms with van der Waals surface area (Å²) in [6, 6.07) is 8.83. The Morgan fingerprint density at radius 2 is 1.89 bits per heavy atom. The molecule has 0 aliphatic carbocycles. The molecule has 1 aromatic carbocycles. The van der Waals surface area contributed by atoms with Gasteiger partial charge < -0.3 is 24.6 Å². The summed E-state index contributed by atoms with van der Waals surface area (Å²) in [6.45, 7) is 11.3. The number of benzene rings is 1. The van der Waals surface area contributed by atoms with Gasteiger partial charge in [0.1, 0.15) is 0 Å². The summed E-state index contributed by atoms with van der Waals surface area (Å²) in [7, 11) is 0. The fraction of sp³-hybridized carbons (Fsp3) is 0.667. The summed E-state index contributed by atoms with van der Waals surface area (Å²) >= 11 is 0. The van der Waals surface area contributed by atoms with Crippen LogP contribution in [-0.2, 0) is 16.0 Å². The molecular formula is C21H32N4O2. The van der Waals surface area contributed by atoms with Gasteiger partial charge in [-0.25, -0.2) is 4.99 Å². The molecule has 0 radical (unpaired) electrons. The number of anilines is 1. The van der Waals surface area contributed by atoms with E-state index in [9.17, 15) is 0 Å². The molecule has 1 spiro atoms. The van der Waals surface area contributed by atoms with Crippen molar-refractivity contribution in [1.29, 1.82) is 0 Å². The van der Waals surface area contributed by atoms with E-state index in [-0.39, 0.29) is 0 Å². The first-order valence-corrected chi connectivity index (χ1v) is 10.3. The van der Waals surface area contributed by atoms with Gasteiger partial charge in [-0.15, -0.1) is 0 Å². The molecule has 0 saturated carbocycles. The molecule has 0 bridgehead atoms. The van der Waals surface area contributed by atoms with E-state index < -0.39 is 0 Å². The lowest BCUT2D eigenvalue weighted by atomic mass is 9.87. The van der Waals surface area contributed by atoms with Crippen molar-refractivity contribution in [2.75, 3.05) is 64.1 Å². The Balaban J connectivity index is 1.38. The average Bonchev–Trinajstić information content (AvgIpc) is 3.36. The van der Waals surface area contributed by atoms with Gasteiger partial charge in [0.15, 0.2) is 5.96 Å². The number of ether oxygens (including phenoxy) is 2. The van der Waals surface area contributed by atoms with Gasteiger partial charge >= 0.3 is 0 Å². The van der Waals surface area contributed by atoms with Crippen molar-refractivity contribution in [1.82, 2.24) is 10.2 Å². The molecule has 1 N–H and O–H groups in total. The molecule has 1 atom stereocenters. The second-order valence-electron chi connectivity index (χ2n) is 7.91. The first-order chi connectivity index (χ1) is 13.3. The Morgan fingerprint density at radius 3 is 2.59 bits per heavy atom. The summed E-state index contributed by atoms with van der Waals surface area (Å²) in [5.41, 5.74) is 2.89. The Kier molecular flexibility index (Phi) is 5.83. The molecule has 3 aliphatic rings. The predicted octanol–water partition coefficient (Wildman–Crippen LogP) is 2.10. The lowest BCUT2D eigenvalue weighted by Gasteiger charge is -2.28. The molecule has 3 fully saturated rings. The minimum absolute atomic E-state index is 0.357. The van der Waals surface area contributed by atoms with Crippen LogP contribution in [0, 0.1) is 5.41 Å². The van der Waals surface area contributed by atoms with Crippen molar-refractivity contribution in [2.45, 2.75) is 26.3 Å². The van der Waals surface area contributed by atoms with Crippen LogP contribution < -0.4 is 10.2 Å². The summed E-state index contributed by atoms with van der Waals surface area (Å²) in [6.07, 6.45) is 2.40. The molecule has 1 unspecified atom stereocenters. The van der Waals surface area contributed by atoms with Gasteiger partial charge in [-0.05, 0) is 37.5 Å². The molecule has 0 amide bonds. The van der Waals surface area contributed by atoms with Gasteiger partial charge in [-0.3, -0.25) is 0 Å². The normalized spacial score (nSPS) is 26.2. The van der Waals surface area contributed by atoms with Crippen LogP contribution in [0.5, 0.6) is 0 Å². The van der Waals surface area contributed by atoms with E-state index in [2.05, 4.69) is 46.3 Å². The van der Waals surface area contributed by atoms with Crippen molar-refractivity contribution in [3.8, 4) is 0 Å². The zero-order valence-electron chi connectivity index (χ0n) is 16.5. The minimum Gasteiger partial charge on any atom is -0.381 e. The topological polar surface area (TPSA) is 49.3 Å². The van der Waals surface area contributed by atoms with Crippen LogP contribution in [0.2, 0.25) is 0 Å². The van der Waals surface area contributed by atoms with Gasteiger partial charge in [-0.2, -0.15) is 0 Å². The molecule has 3 saturated heterocycles. The Bertz CT molecular complexity index is 634. The predicted molar refractivity (Wildman–Crippen MR) is 108 cm³/mol. The third-order valence-corrected chi connectivity index (χ3v) is 5.98. The SMILES string of the molecule is CCNC(=NCc1ccc(N2CCOCC2)cc1)N1CCC2(CCOC2)C1. The van der Waals surface area contributed by atoms with Crippen molar-refractivity contribution >= 4 is 11.6 Å². The third-order valence-electron chi connectivity index (χ3n) is 5.98. The van der Waals surface area contributed by atoms with Crippen molar-refractivity contribution in [3.05, 3.63) is 29.8 Å². The molecule has 3 heterocycles. The van der Waals surface area contributed by atoms with E-state index in [0.717, 1.165) is 65.1 Å². The van der Waals surface area contributed by atoms with Crippen LogP contribution in [-0.4, -0.2) is 70.0 Å². The molecule has 27 heavy (non-hydrogen) atoms. The van der Waals surface area contributed by atoms with E-state index in [1.54, 1.807) is 0 Å². The average molecular weight is 373 g/mol. The molecule has 6 heteroatoms. The fourth-order valence-electron chi connectivity index (χ4n) is 4.31. The zero-order chi connectivity index (χ0) is 18.5. The lowest BCUT2D eigenvalue weighted by molar-refractivity contribution is 0.122. The van der Waals surface area contributed by atoms with E-state index in [1.807, 2.05) is 0 Å². The van der Waals surface area contributed by atoms with Gasteiger partial charge in [-0.1, -0.05) is 12.1 Å². The first-order valence-electron chi connectivity index (χ1n) is 10.3. The van der Waals surface area contributed by atoms with Crippen molar-refractivity contribution in [2.24, 2.45) is 10.4 Å². The minimum atomic E-state index is 0.357. The van der Waals surface area contributed by atoms with Crippen LogP contribution in [0.1, 0.15) is 25.3 Å². The standard InChI is InChI=1S/C21H32N4O2/c1-2-22-20(25-9-7-21(16-25)8-12-27-17-21)23-15-18-3-5-19(6-4-18)24-10-13-26-14-11-24/h3-6H,2,7-17H2,1H3,(H,22,23).